The molecule has 0 saturated carbocycles. The zero-order valence-corrected chi connectivity index (χ0v) is 11.9. The van der Waals surface area contributed by atoms with Crippen LogP contribution >= 0.6 is 0 Å². The third-order valence-corrected chi connectivity index (χ3v) is 4.26. The number of benzene rings is 1. The smallest absolute Gasteiger partial charge is 0.242 e. The first-order chi connectivity index (χ1) is 8.34. The Balaban J connectivity index is 2.75. The fraction of sp³-hybridized carbons (Fsp3) is 0.500. The summed E-state index contributed by atoms with van der Waals surface area (Å²) >= 11 is 0. The highest BCUT2D eigenvalue weighted by atomic mass is 32.2. The summed E-state index contributed by atoms with van der Waals surface area (Å²) in [7, 11) is 0.391. The molecule has 6 heteroatoms. The van der Waals surface area contributed by atoms with Crippen molar-refractivity contribution >= 4 is 15.7 Å². The maximum absolute atomic E-state index is 12.1. The predicted octanol–water partition coefficient (Wildman–Crippen LogP) is 0.807. The molecule has 0 saturated heterocycles. The van der Waals surface area contributed by atoms with Crippen LogP contribution in [-0.2, 0) is 10.0 Å². The van der Waals surface area contributed by atoms with Gasteiger partial charge in [0, 0.05) is 6.54 Å². The van der Waals surface area contributed by atoms with Gasteiger partial charge in [-0.1, -0.05) is 12.1 Å². The number of nitrogen functional groups attached to an aromatic ring is 1. The lowest BCUT2D eigenvalue weighted by molar-refractivity contribution is 0.400. The van der Waals surface area contributed by atoms with Gasteiger partial charge in [0.1, 0.15) is 4.90 Å². The van der Waals surface area contributed by atoms with Crippen molar-refractivity contribution in [1.29, 1.82) is 0 Å². The molecule has 0 radical (unpaired) electrons. The molecule has 1 aromatic carbocycles. The van der Waals surface area contributed by atoms with Crippen molar-refractivity contribution in [3.05, 3.63) is 23.8 Å². The first-order valence-corrected chi connectivity index (χ1v) is 7.32. The number of rotatable bonds is 6. The summed E-state index contributed by atoms with van der Waals surface area (Å²) < 4.78 is 26.8. The number of sulfonamides is 1. The zero-order chi connectivity index (χ0) is 13.8. The highest BCUT2D eigenvalue weighted by molar-refractivity contribution is 7.89. The van der Waals surface area contributed by atoms with Crippen LogP contribution in [0, 0.1) is 6.92 Å². The zero-order valence-electron chi connectivity index (χ0n) is 11.1. The fourth-order valence-corrected chi connectivity index (χ4v) is 3.14. The van der Waals surface area contributed by atoms with Gasteiger partial charge in [0.25, 0.3) is 0 Å². The van der Waals surface area contributed by atoms with E-state index in [1.165, 1.54) is 0 Å². The van der Waals surface area contributed by atoms with Gasteiger partial charge in [-0.25, -0.2) is 13.1 Å². The molecule has 3 N–H and O–H groups in total. The van der Waals surface area contributed by atoms with Gasteiger partial charge in [0.2, 0.25) is 10.0 Å². The summed E-state index contributed by atoms with van der Waals surface area (Å²) in [5.41, 5.74) is 6.68. The van der Waals surface area contributed by atoms with Gasteiger partial charge in [0.05, 0.1) is 5.69 Å². The minimum Gasteiger partial charge on any atom is -0.398 e. The number of hydrogen-bond donors (Lipinski definition) is 2. The quantitative estimate of drug-likeness (QED) is 0.593. The molecule has 5 nitrogen and oxygen atoms in total. The molecule has 0 aliphatic carbocycles. The summed E-state index contributed by atoms with van der Waals surface area (Å²) in [5, 5.41) is 0. The normalized spacial score (nSPS) is 12.0. The molecule has 0 spiro atoms. The van der Waals surface area contributed by atoms with E-state index in [2.05, 4.69) is 4.72 Å². The van der Waals surface area contributed by atoms with Crippen LogP contribution in [0.1, 0.15) is 12.0 Å². The second-order valence-corrected chi connectivity index (χ2v) is 6.25. The Morgan fingerprint density at radius 3 is 2.56 bits per heavy atom. The number of aryl methyl sites for hydroxylation is 1. The maximum atomic E-state index is 12.1. The average molecular weight is 271 g/mol. The average Bonchev–Trinajstić information content (AvgIpc) is 2.23. The van der Waals surface area contributed by atoms with Gasteiger partial charge >= 0.3 is 0 Å². The van der Waals surface area contributed by atoms with Crippen molar-refractivity contribution in [2.24, 2.45) is 0 Å². The topological polar surface area (TPSA) is 75.4 Å². The lowest BCUT2D eigenvalue weighted by Gasteiger charge is -2.13. The van der Waals surface area contributed by atoms with E-state index in [0.717, 1.165) is 13.0 Å². The SMILES string of the molecule is Cc1cccc(N)c1S(=O)(=O)NCCCN(C)C. The summed E-state index contributed by atoms with van der Waals surface area (Å²) in [6.45, 7) is 2.99. The molecular weight excluding hydrogens is 250 g/mol. The van der Waals surface area contributed by atoms with Crippen LogP contribution in [0.2, 0.25) is 0 Å². The number of anilines is 1. The third-order valence-electron chi connectivity index (χ3n) is 2.59. The van der Waals surface area contributed by atoms with Crippen LogP contribution in [0.3, 0.4) is 0 Å². The van der Waals surface area contributed by atoms with E-state index in [0.29, 0.717) is 12.1 Å². The van der Waals surface area contributed by atoms with Crippen LogP contribution < -0.4 is 10.5 Å². The number of nitrogens with two attached hydrogens (primary N) is 1. The van der Waals surface area contributed by atoms with Crippen molar-refractivity contribution in [2.45, 2.75) is 18.2 Å². The first kappa shape index (κ1) is 14.9. The summed E-state index contributed by atoms with van der Waals surface area (Å²) in [6.07, 6.45) is 0.762. The minimum atomic E-state index is -3.51. The lowest BCUT2D eigenvalue weighted by atomic mass is 10.2. The van der Waals surface area contributed by atoms with E-state index in [9.17, 15) is 8.42 Å². The van der Waals surface area contributed by atoms with Crippen molar-refractivity contribution < 1.29 is 8.42 Å². The van der Waals surface area contributed by atoms with Crippen LogP contribution in [0.5, 0.6) is 0 Å². The van der Waals surface area contributed by atoms with Gasteiger partial charge in [-0.2, -0.15) is 0 Å². The Bertz CT molecular complexity index is 478. The molecule has 18 heavy (non-hydrogen) atoms. The molecule has 0 heterocycles. The Morgan fingerprint density at radius 2 is 2.00 bits per heavy atom. The number of hydrogen-bond acceptors (Lipinski definition) is 4. The molecule has 0 atom stereocenters. The molecule has 0 aliphatic rings. The van der Waals surface area contributed by atoms with Gasteiger partial charge in [-0.05, 0) is 45.6 Å². The van der Waals surface area contributed by atoms with Gasteiger partial charge in [-0.15, -0.1) is 0 Å². The highest BCUT2D eigenvalue weighted by Gasteiger charge is 2.18. The minimum absolute atomic E-state index is 0.190. The second kappa shape index (κ2) is 6.17. The van der Waals surface area contributed by atoms with E-state index in [4.69, 9.17) is 5.73 Å². The summed E-state index contributed by atoms with van der Waals surface area (Å²) in [4.78, 5) is 2.20. The van der Waals surface area contributed by atoms with E-state index in [1.807, 2.05) is 19.0 Å². The van der Waals surface area contributed by atoms with Crippen LogP contribution in [-0.4, -0.2) is 40.5 Å². The van der Waals surface area contributed by atoms with Crippen LogP contribution in [0.15, 0.2) is 23.1 Å². The Morgan fingerprint density at radius 1 is 1.33 bits per heavy atom. The van der Waals surface area contributed by atoms with Crippen molar-refractivity contribution in [2.75, 3.05) is 32.9 Å². The Labute approximate surface area is 109 Å². The molecule has 0 amide bonds. The largest absolute Gasteiger partial charge is 0.398 e. The van der Waals surface area contributed by atoms with E-state index in [-0.39, 0.29) is 10.6 Å². The Hall–Kier alpha value is -1.11. The molecule has 0 bridgehead atoms. The van der Waals surface area contributed by atoms with Crippen LogP contribution in [0.25, 0.3) is 0 Å². The standard InChI is InChI=1S/C12H21N3O2S/c1-10-6-4-7-11(13)12(10)18(16,17)14-8-5-9-15(2)3/h4,6-7,14H,5,8-9,13H2,1-3H3. The lowest BCUT2D eigenvalue weighted by Crippen LogP contribution is -2.28. The van der Waals surface area contributed by atoms with E-state index in [1.54, 1.807) is 25.1 Å². The van der Waals surface area contributed by atoms with Gasteiger partial charge in [-0.3, -0.25) is 0 Å². The maximum Gasteiger partial charge on any atom is 0.242 e. The molecule has 102 valence electrons. The third kappa shape index (κ3) is 3.97. The van der Waals surface area contributed by atoms with E-state index >= 15 is 0 Å². The van der Waals surface area contributed by atoms with Crippen molar-refractivity contribution in [3.63, 3.8) is 0 Å². The first-order valence-electron chi connectivity index (χ1n) is 5.84. The van der Waals surface area contributed by atoms with Crippen molar-refractivity contribution in [3.8, 4) is 0 Å². The monoisotopic (exact) mass is 271 g/mol. The van der Waals surface area contributed by atoms with E-state index < -0.39 is 10.0 Å². The van der Waals surface area contributed by atoms with Crippen LogP contribution in [0.4, 0.5) is 5.69 Å². The summed E-state index contributed by atoms with van der Waals surface area (Å²) in [6, 6.07) is 5.09. The fourth-order valence-electron chi connectivity index (χ4n) is 1.72. The Kier molecular flexibility index (Phi) is 5.13. The molecular formula is C12H21N3O2S. The molecule has 0 unspecified atom stereocenters. The predicted molar refractivity (Wildman–Crippen MR) is 74.0 cm³/mol. The highest BCUT2D eigenvalue weighted by Crippen LogP contribution is 2.21. The summed E-state index contributed by atoms with van der Waals surface area (Å²) in [5.74, 6) is 0. The van der Waals surface area contributed by atoms with Gasteiger partial charge < -0.3 is 10.6 Å². The molecule has 0 aromatic heterocycles. The van der Waals surface area contributed by atoms with Crippen molar-refractivity contribution in [1.82, 2.24) is 9.62 Å². The molecule has 0 fully saturated rings. The molecule has 0 aliphatic heterocycles. The molecule has 1 aromatic rings. The second-order valence-electron chi connectivity index (χ2n) is 4.55. The number of nitrogens with zero attached hydrogens (tertiary/aromatic N) is 1. The van der Waals surface area contributed by atoms with Gasteiger partial charge in [0.15, 0.2) is 0 Å². The molecule has 1 rings (SSSR count). The number of nitrogens with one attached hydrogen (secondary N) is 1.